The lowest BCUT2D eigenvalue weighted by atomic mass is 10.1. The molecular formula is C24H19ClN2O6. The summed E-state index contributed by atoms with van der Waals surface area (Å²) in [4.78, 5) is 23.5. The number of nitrogens with one attached hydrogen (secondary N) is 1. The summed E-state index contributed by atoms with van der Waals surface area (Å²) in [6, 6.07) is 14.7. The summed E-state index contributed by atoms with van der Waals surface area (Å²) >= 11 is 6.37. The Bertz CT molecular complexity index is 1230. The van der Waals surface area contributed by atoms with Crippen LogP contribution in [0.3, 0.4) is 0 Å². The Morgan fingerprint density at radius 1 is 1.24 bits per heavy atom. The maximum atomic E-state index is 12.3. The Labute approximate surface area is 194 Å². The molecule has 33 heavy (non-hydrogen) atoms. The van der Waals surface area contributed by atoms with Gasteiger partial charge in [0.2, 0.25) is 0 Å². The van der Waals surface area contributed by atoms with Gasteiger partial charge in [0.15, 0.2) is 11.5 Å². The minimum absolute atomic E-state index is 0.0605. The number of amides is 1. The van der Waals surface area contributed by atoms with Gasteiger partial charge in [0.1, 0.15) is 24.0 Å². The average Bonchev–Trinajstić information content (AvgIpc) is 3.33. The van der Waals surface area contributed by atoms with E-state index in [1.54, 1.807) is 30.3 Å². The predicted octanol–water partition coefficient (Wildman–Crippen LogP) is 4.44. The number of rotatable bonds is 9. The van der Waals surface area contributed by atoms with Gasteiger partial charge in [-0.05, 0) is 53.6 Å². The number of aromatic carboxylic acids is 1. The Morgan fingerprint density at radius 3 is 2.73 bits per heavy atom. The lowest BCUT2D eigenvalue weighted by molar-refractivity contribution is -0.117. The average molecular weight is 467 g/mol. The maximum absolute atomic E-state index is 12.3. The number of carboxylic acids is 1. The van der Waals surface area contributed by atoms with Crippen LogP contribution in [0.4, 0.5) is 0 Å². The van der Waals surface area contributed by atoms with Crippen molar-refractivity contribution in [1.82, 2.24) is 5.32 Å². The Morgan fingerprint density at radius 2 is 2.06 bits per heavy atom. The predicted molar refractivity (Wildman–Crippen MR) is 120 cm³/mol. The first-order chi connectivity index (χ1) is 15.9. The number of nitriles is 1. The first-order valence-corrected chi connectivity index (χ1v) is 10.0. The number of carbonyl (C=O) groups excluding carboxylic acids is 1. The van der Waals surface area contributed by atoms with E-state index in [0.717, 1.165) is 0 Å². The quantitative estimate of drug-likeness (QED) is 0.353. The van der Waals surface area contributed by atoms with Gasteiger partial charge in [0.25, 0.3) is 5.91 Å². The molecule has 0 aliphatic carbocycles. The lowest BCUT2D eigenvalue weighted by Crippen LogP contribution is -2.23. The molecule has 9 heteroatoms. The highest BCUT2D eigenvalue weighted by Gasteiger charge is 2.15. The van der Waals surface area contributed by atoms with Crippen LogP contribution in [0, 0.1) is 11.3 Å². The third kappa shape index (κ3) is 6.15. The van der Waals surface area contributed by atoms with E-state index in [4.69, 9.17) is 30.6 Å². The fourth-order valence-corrected chi connectivity index (χ4v) is 3.18. The van der Waals surface area contributed by atoms with E-state index in [2.05, 4.69) is 5.32 Å². The maximum Gasteiger partial charge on any atom is 0.335 e. The molecule has 1 amide bonds. The topological polar surface area (TPSA) is 122 Å². The molecule has 3 aromatic rings. The van der Waals surface area contributed by atoms with Gasteiger partial charge in [0.05, 0.1) is 30.5 Å². The van der Waals surface area contributed by atoms with Crippen LogP contribution >= 0.6 is 11.6 Å². The van der Waals surface area contributed by atoms with Crippen LogP contribution in [0.15, 0.2) is 64.8 Å². The van der Waals surface area contributed by atoms with Crippen LogP contribution in [0.1, 0.15) is 27.2 Å². The molecule has 0 saturated carbocycles. The summed E-state index contributed by atoms with van der Waals surface area (Å²) in [5, 5.41) is 21.3. The van der Waals surface area contributed by atoms with Crippen molar-refractivity contribution in [3.05, 3.63) is 87.8 Å². The standard InChI is InChI=1S/C24H19ClN2O6/c1-31-21-11-16(9-18(12-26)23(28)27-13-19-6-3-7-32-19)10-20(25)22(21)33-14-15-4-2-5-17(8-15)24(29)30/h2-11H,13-14H2,1H3,(H,27,28)(H,29,30)/b18-9-. The number of carbonyl (C=O) groups is 2. The van der Waals surface area contributed by atoms with Gasteiger partial charge in [-0.1, -0.05) is 23.7 Å². The van der Waals surface area contributed by atoms with Crippen molar-refractivity contribution >= 4 is 29.6 Å². The summed E-state index contributed by atoms with van der Waals surface area (Å²) < 4.78 is 16.3. The number of methoxy groups -OCH3 is 1. The van der Waals surface area contributed by atoms with E-state index in [1.807, 2.05) is 6.07 Å². The summed E-state index contributed by atoms with van der Waals surface area (Å²) in [6.07, 6.45) is 2.87. The smallest absolute Gasteiger partial charge is 0.335 e. The van der Waals surface area contributed by atoms with E-state index in [9.17, 15) is 14.9 Å². The van der Waals surface area contributed by atoms with Crippen molar-refractivity contribution in [1.29, 1.82) is 5.26 Å². The molecule has 0 unspecified atom stereocenters. The molecule has 1 aromatic heterocycles. The molecule has 0 spiro atoms. The second-order valence-corrected chi connectivity index (χ2v) is 7.17. The second-order valence-electron chi connectivity index (χ2n) is 6.76. The summed E-state index contributed by atoms with van der Waals surface area (Å²) in [5.41, 5.74) is 1.11. The van der Waals surface area contributed by atoms with Crippen molar-refractivity contribution in [2.24, 2.45) is 0 Å². The van der Waals surface area contributed by atoms with Crippen molar-refractivity contribution in [2.75, 3.05) is 7.11 Å². The van der Waals surface area contributed by atoms with Gasteiger partial charge < -0.3 is 24.3 Å². The minimum Gasteiger partial charge on any atom is -0.493 e. The number of ether oxygens (including phenoxy) is 2. The molecule has 1 heterocycles. The SMILES string of the molecule is COc1cc(/C=C(/C#N)C(=O)NCc2ccco2)cc(Cl)c1OCc1cccc(C(=O)O)c1. The van der Waals surface area contributed by atoms with Crippen molar-refractivity contribution in [2.45, 2.75) is 13.2 Å². The van der Waals surface area contributed by atoms with Crippen molar-refractivity contribution < 1.29 is 28.6 Å². The largest absolute Gasteiger partial charge is 0.493 e. The third-order valence-electron chi connectivity index (χ3n) is 4.49. The van der Waals surface area contributed by atoms with Gasteiger partial charge in [-0.15, -0.1) is 0 Å². The zero-order chi connectivity index (χ0) is 23.8. The van der Waals surface area contributed by atoms with E-state index >= 15 is 0 Å². The Balaban J connectivity index is 1.77. The highest BCUT2D eigenvalue weighted by atomic mass is 35.5. The van der Waals surface area contributed by atoms with Gasteiger partial charge >= 0.3 is 5.97 Å². The molecule has 168 valence electrons. The number of hydrogen-bond acceptors (Lipinski definition) is 6. The molecule has 0 fully saturated rings. The summed E-state index contributed by atoms with van der Waals surface area (Å²) in [6.45, 7) is 0.204. The molecule has 3 rings (SSSR count). The number of halogens is 1. The van der Waals surface area contributed by atoms with E-state index in [0.29, 0.717) is 16.9 Å². The highest BCUT2D eigenvalue weighted by Crippen LogP contribution is 2.37. The Hall–Kier alpha value is -4.22. The van der Waals surface area contributed by atoms with Crippen molar-refractivity contribution in [3.63, 3.8) is 0 Å². The number of hydrogen-bond donors (Lipinski definition) is 2. The molecule has 0 aliphatic rings. The third-order valence-corrected chi connectivity index (χ3v) is 4.77. The van der Waals surface area contributed by atoms with Gasteiger partial charge in [0, 0.05) is 0 Å². The molecule has 2 aromatic carbocycles. The van der Waals surface area contributed by atoms with Gasteiger partial charge in [-0.3, -0.25) is 4.79 Å². The van der Waals surface area contributed by atoms with Gasteiger partial charge in [-0.25, -0.2) is 4.79 Å². The van der Waals surface area contributed by atoms with Crippen LogP contribution in [-0.4, -0.2) is 24.1 Å². The zero-order valence-electron chi connectivity index (χ0n) is 17.5. The number of furan rings is 1. The lowest BCUT2D eigenvalue weighted by Gasteiger charge is -2.14. The molecule has 0 saturated heterocycles. The van der Waals surface area contributed by atoms with Crippen LogP contribution in [0.2, 0.25) is 5.02 Å². The monoisotopic (exact) mass is 466 g/mol. The summed E-state index contributed by atoms with van der Waals surface area (Å²) in [5.74, 6) is -0.511. The highest BCUT2D eigenvalue weighted by molar-refractivity contribution is 6.32. The molecule has 8 nitrogen and oxygen atoms in total. The molecular weight excluding hydrogens is 448 g/mol. The molecule has 0 bridgehead atoms. The Kier molecular flexibility index (Phi) is 7.73. The van der Waals surface area contributed by atoms with Crippen LogP contribution in [0.5, 0.6) is 11.5 Å². The first kappa shape index (κ1) is 23.4. The second kappa shape index (κ2) is 10.9. The molecule has 0 atom stereocenters. The normalized spacial score (nSPS) is 10.9. The van der Waals surface area contributed by atoms with Crippen LogP contribution in [-0.2, 0) is 17.9 Å². The minimum atomic E-state index is -1.04. The molecule has 0 aliphatic heterocycles. The van der Waals surface area contributed by atoms with Gasteiger partial charge in [-0.2, -0.15) is 5.26 Å². The zero-order valence-corrected chi connectivity index (χ0v) is 18.3. The summed E-state index contributed by atoms with van der Waals surface area (Å²) in [7, 11) is 1.43. The number of benzene rings is 2. The fourth-order valence-electron chi connectivity index (χ4n) is 2.90. The van der Waals surface area contributed by atoms with E-state index in [-0.39, 0.29) is 40.8 Å². The van der Waals surface area contributed by atoms with Crippen LogP contribution in [0.25, 0.3) is 6.08 Å². The fraction of sp³-hybridized carbons (Fsp3) is 0.125. The molecule has 0 radical (unpaired) electrons. The van der Waals surface area contributed by atoms with E-state index < -0.39 is 11.9 Å². The van der Waals surface area contributed by atoms with Crippen LogP contribution < -0.4 is 14.8 Å². The van der Waals surface area contributed by atoms with Crippen molar-refractivity contribution in [3.8, 4) is 17.6 Å². The first-order valence-electron chi connectivity index (χ1n) is 9.66. The number of nitrogens with zero attached hydrogens (tertiary/aromatic N) is 1. The molecule has 2 N–H and O–H groups in total. The number of carboxylic acid groups (broad SMARTS) is 1. The van der Waals surface area contributed by atoms with E-state index in [1.165, 1.54) is 37.6 Å².